The summed E-state index contributed by atoms with van der Waals surface area (Å²) < 4.78 is 4.99. The Morgan fingerprint density at radius 2 is 1.80 bits per heavy atom. The largest absolute Gasteiger partial charge is 0.497 e. The number of methoxy groups -OCH3 is 1. The molecular formula is C13H14N2O5. The Balaban J connectivity index is 2.39. The minimum atomic E-state index is -1.25. The van der Waals surface area contributed by atoms with E-state index in [0.717, 1.165) is 11.6 Å². The number of carboxylic acids is 1. The predicted octanol–water partition coefficient (Wildman–Crippen LogP) is 0.0259. The first-order chi connectivity index (χ1) is 9.51. The van der Waals surface area contributed by atoms with Crippen molar-refractivity contribution in [3.63, 3.8) is 0 Å². The molecular weight excluding hydrogens is 264 g/mol. The monoisotopic (exact) mass is 278 g/mol. The van der Waals surface area contributed by atoms with Crippen LogP contribution in [0.2, 0.25) is 0 Å². The summed E-state index contributed by atoms with van der Waals surface area (Å²) in [5, 5.41) is 8.31. The highest BCUT2D eigenvalue weighted by atomic mass is 16.5. The summed E-state index contributed by atoms with van der Waals surface area (Å²) in [5.74, 6) is -1.71. The standard InChI is InChI=1S/C13H14N2O5/c1-20-10-4-2-9(3-5-10)8-12(17)15-14-11(16)6-7-13(18)19/h2-7H,8H2,1H3,(H,14,16)(H,15,17)(H,18,19)/b7-6-. The zero-order valence-corrected chi connectivity index (χ0v) is 10.8. The molecule has 1 rings (SSSR count). The summed E-state index contributed by atoms with van der Waals surface area (Å²) in [4.78, 5) is 32.8. The average molecular weight is 278 g/mol. The fourth-order valence-corrected chi connectivity index (χ4v) is 1.29. The number of carbonyl (C=O) groups excluding carboxylic acids is 2. The van der Waals surface area contributed by atoms with E-state index in [9.17, 15) is 14.4 Å². The Morgan fingerprint density at radius 3 is 2.35 bits per heavy atom. The zero-order valence-electron chi connectivity index (χ0n) is 10.8. The molecule has 0 spiro atoms. The number of carbonyl (C=O) groups is 3. The highest BCUT2D eigenvalue weighted by Gasteiger charge is 2.04. The van der Waals surface area contributed by atoms with Gasteiger partial charge in [-0.15, -0.1) is 0 Å². The van der Waals surface area contributed by atoms with Crippen LogP contribution in [0.3, 0.4) is 0 Å². The van der Waals surface area contributed by atoms with Gasteiger partial charge < -0.3 is 9.84 Å². The molecule has 3 N–H and O–H groups in total. The second-order valence-corrected chi connectivity index (χ2v) is 3.73. The third kappa shape index (κ3) is 5.67. The second kappa shape index (κ2) is 7.57. The molecule has 0 aliphatic heterocycles. The molecule has 0 unspecified atom stereocenters. The lowest BCUT2D eigenvalue weighted by Gasteiger charge is -2.06. The van der Waals surface area contributed by atoms with Crippen LogP contribution in [0, 0.1) is 0 Å². The van der Waals surface area contributed by atoms with E-state index in [0.29, 0.717) is 11.8 Å². The van der Waals surface area contributed by atoms with Gasteiger partial charge in [0.2, 0.25) is 5.91 Å². The molecule has 1 aromatic carbocycles. The molecule has 0 aliphatic carbocycles. The molecule has 7 nitrogen and oxygen atoms in total. The quantitative estimate of drug-likeness (QED) is 0.520. The first-order valence-electron chi connectivity index (χ1n) is 5.64. The van der Waals surface area contributed by atoms with E-state index >= 15 is 0 Å². The summed E-state index contributed by atoms with van der Waals surface area (Å²) in [6.07, 6.45) is 1.55. The van der Waals surface area contributed by atoms with Crippen molar-refractivity contribution in [2.24, 2.45) is 0 Å². The molecule has 0 saturated carbocycles. The Bertz CT molecular complexity index is 522. The maximum absolute atomic E-state index is 11.5. The summed E-state index contributed by atoms with van der Waals surface area (Å²) in [7, 11) is 1.54. The molecule has 0 radical (unpaired) electrons. The number of hydrogen-bond donors (Lipinski definition) is 3. The fourth-order valence-electron chi connectivity index (χ4n) is 1.29. The van der Waals surface area contributed by atoms with Gasteiger partial charge in [0.05, 0.1) is 13.5 Å². The first kappa shape index (κ1) is 15.2. The number of amides is 2. The Labute approximate surface area is 115 Å². The number of carboxylic acid groups (broad SMARTS) is 1. The Kier molecular flexibility index (Phi) is 5.76. The molecule has 7 heteroatoms. The van der Waals surface area contributed by atoms with Crippen LogP contribution in [0.15, 0.2) is 36.4 Å². The van der Waals surface area contributed by atoms with Crippen molar-refractivity contribution in [3.8, 4) is 5.75 Å². The summed E-state index contributed by atoms with van der Waals surface area (Å²) >= 11 is 0. The van der Waals surface area contributed by atoms with Crippen LogP contribution >= 0.6 is 0 Å². The van der Waals surface area contributed by atoms with Crippen molar-refractivity contribution < 1.29 is 24.2 Å². The van der Waals surface area contributed by atoms with Crippen LogP contribution < -0.4 is 15.6 Å². The van der Waals surface area contributed by atoms with E-state index in [1.807, 2.05) is 0 Å². The smallest absolute Gasteiger partial charge is 0.328 e. The van der Waals surface area contributed by atoms with Gasteiger partial charge in [-0.25, -0.2) is 4.79 Å². The lowest BCUT2D eigenvalue weighted by atomic mass is 10.1. The maximum Gasteiger partial charge on any atom is 0.328 e. The molecule has 2 amide bonds. The lowest BCUT2D eigenvalue weighted by molar-refractivity contribution is -0.131. The first-order valence-corrected chi connectivity index (χ1v) is 5.64. The minimum absolute atomic E-state index is 0.0763. The van der Waals surface area contributed by atoms with E-state index in [-0.39, 0.29) is 6.42 Å². The van der Waals surface area contributed by atoms with Crippen LogP contribution in [0.5, 0.6) is 5.75 Å². The van der Waals surface area contributed by atoms with Gasteiger partial charge in [-0.3, -0.25) is 20.4 Å². The Morgan fingerprint density at radius 1 is 1.15 bits per heavy atom. The fraction of sp³-hybridized carbons (Fsp3) is 0.154. The summed E-state index contributed by atoms with van der Waals surface area (Å²) in [6.45, 7) is 0. The van der Waals surface area contributed by atoms with E-state index in [2.05, 4.69) is 10.9 Å². The predicted molar refractivity (Wildman–Crippen MR) is 69.8 cm³/mol. The van der Waals surface area contributed by atoms with Gasteiger partial charge in [-0.1, -0.05) is 12.1 Å². The van der Waals surface area contributed by atoms with Gasteiger partial charge in [0, 0.05) is 12.2 Å². The molecule has 0 saturated heterocycles. The van der Waals surface area contributed by atoms with Crippen molar-refractivity contribution in [2.75, 3.05) is 7.11 Å². The van der Waals surface area contributed by atoms with Crippen LogP contribution in [-0.2, 0) is 20.8 Å². The van der Waals surface area contributed by atoms with Gasteiger partial charge in [0.15, 0.2) is 0 Å². The number of aliphatic carboxylic acids is 1. The molecule has 0 atom stereocenters. The highest BCUT2D eigenvalue weighted by Crippen LogP contribution is 2.11. The molecule has 0 fully saturated rings. The summed E-state index contributed by atoms with van der Waals surface area (Å²) in [5.41, 5.74) is 4.99. The van der Waals surface area contributed by atoms with Gasteiger partial charge in [-0.05, 0) is 17.7 Å². The highest BCUT2D eigenvalue weighted by molar-refractivity contribution is 5.94. The van der Waals surface area contributed by atoms with Gasteiger partial charge in [-0.2, -0.15) is 0 Å². The molecule has 106 valence electrons. The number of ether oxygens (including phenoxy) is 1. The summed E-state index contributed by atoms with van der Waals surface area (Å²) in [6, 6.07) is 6.89. The topological polar surface area (TPSA) is 105 Å². The van der Waals surface area contributed by atoms with E-state index in [1.54, 1.807) is 31.4 Å². The zero-order chi connectivity index (χ0) is 15.0. The van der Waals surface area contributed by atoms with Crippen molar-refractivity contribution >= 4 is 17.8 Å². The van der Waals surface area contributed by atoms with E-state index < -0.39 is 17.8 Å². The number of hydrazine groups is 1. The molecule has 0 bridgehead atoms. The lowest BCUT2D eigenvalue weighted by Crippen LogP contribution is -2.41. The van der Waals surface area contributed by atoms with Crippen LogP contribution in [-0.4, -0.2) is 30.0 Å². The van der Waals surface area contributed by atoms with E-state index in [4.69, 9.17) is 9.84 Å². The van der Waals surface area contributed by atoms with Crippen LogP contribution in [0.4, 0.5) is 0 Å². The van der Waals surface area contributed by atoms with Gasteiger partial charge >= 0.3 is 5.97 Å². The minimum Gasteiger partial charge on any atom is -0.497 e. The van der Waals surface area contributed by atoms with Crippen LogP contribution in [0.25, 0.3) is 0 Å². The third-order valence-electron chi connectivity index (χ3n) is 2.23. The molecule has 20 heavy (non-hydrogen) atoms. The van der Waals surface area contributed by atoms with Crippen LogP contribution in [0.1, 0.15) is 5.56 Å². The van der Waals surface area contributed by atoms with E-state index in [1.165, 1.54) is 0 Å². The Hall–Kier alpha value is -2.83. The normalized spacial score (nSPS) is 10.1. The molecule has 0 aromatic heterocycles. The SMILES string of the molecule is COc1ccc(CC(=O)NNC(=O)/C=C\C(=O)O)cc1. The number of hydrogen-bond acceptors (Lipinski definition) is 4. The third-order valence-corrected chi connectivity index (χ3v) is 2.23. The maximum atomic E-state index is 11.5. The van der Waals surface area contributed by atoms with Crippen molar-refractivity contribution in [2.45, 2.75) is 6.42 Å². The van der Waals surface area contributed by atoms with Crippen molar-refractivity contribution in [3.05, 3.63) is 42.0 Å². The average Bonchev–Trinajstić information content (AvgIpc) is 2.43. The second-order valence-electron chi connectivity index (χ2n) is 3.73. The molecule has 0 heterocycles. The number of rotatable bonds is 5. The van der Waals surface area contributed by atoms with Crippen molar-refractivity contribution in [1.29, 1.82) is 0 Å². The van der Waals surface area contributed by atoms with Gasteiger partial charge in [0.1, 0.15) is 5.75 Å². The van der Waals surface area contributed by atoms with Gasteiger partial charge in [0.25, 0.3) is 5.91 Å². The molecule has 0 aliphatic rings. The molecule has 1 aromatic rings. The number of nitrogens with one attached hydrogen (secondary N) is 2. The van der Waals surface area contributed by atoms with Crippen molar-refractivity contribution in [1.82, 2.24) is 10.9 Å². The number of benzene rings is 1.